The molecule has 0 atom stereocenters. The van der Waals surface area contributed by atoms with Crippen LogP contribution in [0.15, 0.2) is 67.0 Å². The van der Waals surface area contributed by atoms with Crippen molar-refractivity contribution < 1.29 is 4.79 Å². The number of carbonyl (C=O) groups is 1. The van der Waals surface area contributed by atoms with E-state index in [2.05, 4.69) is 17.1 Å². The van der Waals surface area contributed by atoms with Gasteiger partial charge in [-0.2, -0.15) is 0 Å². The van der Waals surface area contributed by atoms with Crippen LogP contribution in [0.1, 0.15) is 22.3 Å². The van der Waals surface area contributed by atoms with Crippen molar-refractivity contribution >= 4 is 16.6 Å². The molecule has 0 aliphatic carbocycles. The van der Waals surface area contributed by atoms with Crippen molar-refractivity contribution in [2.45, 2.75) is 12.8 Å². The molecule has 0 aliphatic heterocycles. The molecule has 0 spiro atoms. The van der Waals surface area contributed by atoms with Crippen molar-refractivity contribution in [3.63, 3.8) is 0 Å². The van der Waals surface area contributed by atoms with E-state index in [1.165, 1.54) is 10.9 Å². The molecule has 1 aromatic heterocycles. The fourth-order valence-corrected chi connectivity index (χ4v) is 2.41. The van der Waals surface area contributed by atoms with Gasteiger partial charge in [0.1, 0.15) is 0 Å². The maximum Gasteiger partial charge on any atom is 0.163 e. The Morgan fingerprint density at radius 3 is 2.65 bits per heavy atom. The van der Waals surface area contributed by atoms with Gasteiger partial charge in [-0.05, 0) is 23.4 Å². The average molecular weight is 261 g/mol. The zero-order chi connectivity index (χ0) is 13.8. The van der Waals surface area contributed by atoms with Crippen LogP contribution in [-0.4, -0.2) is 10.8 Å². The van der Waals surface area contributed by atoms with Crippen LogP contribution in [0.2, 0.25) is 0 Å². The summed E-state index contributed by atoms with van der Waals surface area (Å²) in [7, 11) is 0. The van der Waals surface area contributed by atoms with Gasteiger partial charge < -0.3 is 0 Å². The number of ketones is 1. The first-order valence-electron chi connectivity index (χ1n) is 6.74. The zero-order valence-electron chi connectivity index (χ0n) is 11.1. The van der Waals surface area contributed by atoms with E-state index >= 15 is 0 Å². The molecule has 0 unspecified atom stereocenters. The minimum Gasteiger partial charge on any atom is -0.294 e. The fourth-order valence-electron chi connectivity index (χ4n) is 2.41. The summed E-state index contributed by atoms with van der Waals surface area (Å²) in [6.45, 7) is 0. The van der Waals surface area contributed by atoms with Gasteiger partial charge in [0.05, 0.1) is 0 Å². The predicted molar refractivity (Wildman–Crippen MR) is 80.8 cm³/mol. The van der Waals surface area contributed by atoms with Crippen LogP contribution >= 0.6 is 0 Å². The largest absolute Gasteiger partial charge is 0.294 e. The zero-order valence-corrected chi connectivity index (χ0v) is 11.1. The first-order valence-corrected chi connectivity index (χ1v) is 6.74. The van der Waals surface area contributed by atoms with Gasteiger partial charge in [-0.25, -0.2) is 0 Å². The average Bonchev–Trinajstić information content (AvgIpc) is 2.53. The summed E-state index contributed by atoms with van der Waals surface area (Å²) in [6, 6.07) is 17.6. The highest BCUT2D eigenvalue weighted by atomic mass is 16.1. The molecular formula is C18H15NO. The fraction of sp³-hybridized carbons (Fsp3) is 0.111. The molecule has 0 saturated heterocycles. The van der Waals surface area contributed by atoms with Crippen LogP contribution < -0.4 is 0 Å². The van der Waals surface area contributed by atoms with Gasteiger partial charge in [-0.1, -0.05) is 48.5 Å². The topological polar surface area (TPSA) is 30.0 Å². The van der Waals surface area contributed by atoms with Crippen molar-refractivity contribution in [3.8, 4) is 0 Å². The lowest BCUT2D eigenvalue weighted by Gasteiger charge is -2.06. The summed E-state index contributed by atoms with van der Waals surface area (Å²) in [5.41, 5.74) is 1.96. The Kier molecular flexibility index (Phi) is 3.55. The number of rotatable bonds is 4. The molecule has 0 radical (unpaired) electrons. The monoisotopic (exact) mass is 261 g/mol. The minimum atomic E-state index is 0.187. The standard InChI is InChI=1S/C18H15NO/c20-18(16-5-2-1-3-6-16)10-9-14-7-4-8-15-11-12-19-13-17(14)15/h1-8,11-13H,9-10H2. The van der Waals surface area contributed by atoms with Gasteiger partial charge in [-0.3, -0.25) is 9.78 Å². The first-order chi connectivity index (χ1) is 9.84. The summed E-state index contributed by atoms with van der Waals surface area (Å²) in [6.07, 6.45) is 4.94. The quantitative estimate of drug-likeness (QED) is 0.663. The molecular weight excluding hydrogens is 246 g/mol. The van der Waals surface area contributed by atoms with Gasteiger partial charge in [0, 0.05) is 29.8 Å². The summed E-state index contributed by atoms with van der Waals surface area (Å²) >= 11 is 0. The molecule has 98 valence electrons. The van der Waals surface area contributed by atoms with Crippen LogP contribution in [0.5, 0.6) is 0 Å². The second-order valence-electron chi connectivity index (χ2n) is 4.80. The van der Waals surface area contributed by atoms with E-state index in [1.54, 1.807) is 6.20 Å². The first kappa shape index (κ1) is 12.5. The summed E-state index contributed by atoms with van der Waals surface area (Å²) in [5.74, 6) is 0.187. The van der Waals surface area contributed by atoms with E-state index < -0.39 is 0 Å². The SMILES string of the molecule is O=C(CCc1cccc2ccncc12)c1ccccc1. The normalized spacial score (nSPS) is 10.6. The van der Waals surface area contributed by atoms with Crippen molar-refractivity contribution in [3.05, 3.63) is 78.1 Å². The molecule has 20 heavy (non-hydrogen) atoms. The molecule has 0 aliphatic rings. The highest BCUT2D eigenvalue weighted by Crippen LogP contribution is 2.19. The van der Waals surface area contributed by atoms with Gasteiger partial charge in [0.15, 0.2) is 5.78 Å². The lowest BCUT2D eigenvalue weighted by molar-refractivity contribution is 0.0983. The number of hydrogen-bond acceptors (Lipinski definition) is 2. The summed E-state index contributed by atoms with van der Waals surface area (Å²) in [4.78, 5) is 16.3. The smallest absolute Gasteiger partial charge is 0.163 e. The van der Waals surface area contributed by atoms with Crippen molar-refractivity contribution in [2.24, 2.45) is 0 Å². The molecule has 0 fully saturated rings. The highest BCUT2D eigenvalue weighted by molar-refractivity contribution is 5.96. The molecule has 0 bridgehead atoms. The third-order valence-electron chi connectivity index (χ3n) is 3.49. The van der Waals surface area contributed by atoms with Crippen molar-refractivity contribution in [1.29, 1.82) is 0 Å². The Labute approximate surface area is 118 Å². The van der Waals surface area contributed by atoms with Crippen LogP contribution in [0.4, 0.5) is 0 Å². The molecule has 2 aromatic carbocycles. The maximum atomic E-state index is 12.1. The number of hydrogen-bond donors (Lipinski definition) is 0. The van der Waals surface area contributed by atoms with Gasteiger partial charge in [-0.15, -0.1) is 0 Å². The summed E-state index contributed by atoms with van der Waals surface area (Å²) in [5, 5.41) is 2.31. The Balaban J connectivity index is 1.79. The molecule has 3 aromatic rings. The molecule has 0 saturated carbocycles. The Hall–Kier alpha value is -2.48. The maximum absolute atomic E-state index is 12.1. The second kappa shape index (κ2) is 5.66. The number of aromatic nitrogens is 1. The van der Waals surface area contributed by atoms with E-state index in [0.29, 0.717) is 6.42 Å². The number of benzene rings is 2. The number of Topliss-reactive ketones (excluding diaryl/α,β-unsaturated/α-hetero) is 1. The minimum absolute atomic E-state index is 0.187. The molecule has 0 N–H and O–H groups in total. The highest BCUT2D eigenvalue weighted by Gasteiger charge is 2.07. The number of carbonyl (C=O) groups excluding carboxylic acids is 1. The third-order valence-corrected chi connectivity index (χ3v) is 3.49. The van der Waals surface area contributed by atoms with Crippen LogP contribution in [0.25, 0.3) is 10.8 Å². The molecule has 1 heterocycles. The number of aryl methyl sites for hydroxylation is 1. The molecule has 3 rings (SSSR count). The van der Waals surface area contributed by atoms with Crippen LogP contribution in [-0.2, 0) is 6.42 Å². The molecule has 2 nitrogen and oxygen atoms in total. The third kappa shape index (κ3) is 2.59. The second-order valence-corrected chi connectivity index (χ2v) is 4.80. The van der Waals surface area contributed by atoms with Crippen LogP contribution in [0, 0.1) is 0 Å². The number of fused-ring (bicyclic) bond motifs is 1. The van der Waals surface area contributed by atoms with E-state index in [9.17, 15) is 4.79 Å². The van der Waals surface area contributed by atoms with Gasteiger partial charge in [0.2, 0.25) is 0 Å². The van der Waals surface area contributed by atoms with Gasteiger partial charge in [0.25, 0.3) is 0 Å². The van der Waals surface area contributed by atoms with E-state index in [4.69, 9.17) is 0 Å². The van der Waals surface area contributed by atoms with Crippen molar-refractivity contribution in [2.75, 3.05) is 0 Å². The molecule has 0 amide bonds. The van der Waals surface area contributed by atoms with E-state index in [-0.39, 0.29) is 5.78 Å². The Morgan fingerprint density at radius 2 is 1.80 bits per heavy atom. The van der Waals surface area contributed by atoms with Gasteiger partial charge >= 0.3 is 0 Å². The van der Waals surface area contributed by atoms with E-state index in [0.717, 1.165) is 17.4 Å². The lowest BCUT2D eigenvalue weighted by Crippen LogP contribution is -2.01. The Bertz CT molecular complexity index is 729. The number of pyridine rings is 1. The molecule has 2 heteroatoms. The van der Waals surface area contributed by atoms with Crippen LogP contribution in [0.3, 0.4) is 0 Å². The summed E-state index contributed by atoms with van der Waals surface area (Å²) < 4.78 is 0. The Morgan fingerprint density at radius 1 is 0.950 bits per heavy atom. The predicted octanol–water partition coefficient (Wildman–Crippen LogP) is 4.05. The number of nitrogens with zero attached hydrogens (tertiary/aromatic N) is 1. The van der Waals surface area contributed by atoms with Crippen molar-refractivity contribution in [1.82, 2.24) is 4.98 Å². The van der Waals surface area contributed by atoms with E-state index in [1.807, 2.05) is 48.7 Å². The lowest BCUT2D eigenvalue weighted by atomic mass is 9.99.